The van der Waals surface area contributed by atoms with Gasteiger partial charge in [-0.2, -0.15) is 0 Å². The molecule has 2 aromatic carbocycles. The van der Waals surface area contributed by atoms with Gasteiger partial charge in [0.15, 0.2) is 5.78 Å². The van der Waals surface area contributed by atoms with E-state index in [4.69, 9.17) is 18.9 Å². The average molecular weight is 625 g/mol. The van der Waals surface area contributed by atoms with Crippen molar-refractivity contribution >= 4 is 29.3 Å². The number of hydrogen-bond acceptors (Lipinski definition) is 14. The van der Waals surface area contributed by atoms with Gasteiger partial charge in [-0.05, 0) is 42.5 Å². The molecule has 5 aliphatic rings. The van der Waals surface area contributed by atoms with Gasteiger partial charge in [-0.25, -0.2) is 9.59 Å². The Morgan fingerprint density at radius 3 is 2.11 bits per heavy atom. The van der Waals surface area contributed by atoms with Gasteiger partial charge >= 0.3 is 11.9 Å². The molecule has 0 spiro atoms. The number of Topliss-reactive ketones (excluding diaryl/α,β-unsaturated/α-hetero) is 2. The largest absolute Gasteiger partial charge is 0.506 e. The van der Waals surface area contributed by atoms with Crippen molar-refractivity contribution in [3.8, 4) is 34.1 Å². The second-order valence-corrected chi connectivity index (χ2v) is 12.3. The average Bonchev–Trinajstić information content (AvgIpc) is 3.15. The third-order valence-corrected chi connectivity index (χ3v) is 9.89. The molecule has 3 fully saturated rings. The number of fused-ring (bicyclic) bond motifs is 3. The summed E-state index contributed by atoms with van der Waals surface area (Å²) in [5.41, 5.74) is -9.52. The molecule has 45 heavy (non-hydrogen) atoms. The molecule has 0 amide bonds. The van der Waals surface area contributed by atoms with Gasteiger partial charge in [0.05, 0.1) is 12.7 Å². The number of carbonyl (C=O) groups excluding carboxylic acids is 4. The Labute approximate surface area is 254 Å². The van der Waals surface area contributed by atoms with Gasteiger partial charge in [-0.3, -0.25) is 9.59 Å². The highest BCUT2D eigenvalue weighted by Gasteiger charge is 2.81. The van der Waals surface area contributed by atoms with E-state index in [9.17, 15) is 49.8 Å². The number of methoxy groups -OCH3 is 1. The van der Waals surface area contributed by atoms with E-state index in [0.717, 1.165) is 7.11 Å². The maximum atomic E-state index is 13.9. The lowest BCUT2D eigenvalue weighted by Crippen LogP contribution is -2.76. The zero-order chi connectivity index (χ0) is 32.5. The van der Waals surface area contributed by atoms with E-state index >= 15 is 0 Å². The van der Waals surface area contributed by atoms with Crippen LogP contribution < -0.4 is 9.47 Å². The van der Waals surface area contributed by atoms with Crippen LogP contribution in [-0.2, 0) is 23.9 Å². The molecule has 2 aromatic rings. The molecule has 3 aliphatic heterocycles. The van der Waals surface area contributed by atoms with Crippen molar-refractivity contribution in [2.45, 2.75) is 61.8 Å². The highest BCUT2D eigenvalue weighted by atomic mass is 16.6. The minimum Gasteiger partial charge on any atom is -0.506 e. The maximum Gasteiger partial charge on any atom is 0.358 e. The van der Waals surface area contributed by atoms with E-state index in [1.165, 1.54) is 31.2 Å². The second kappa shape index (κ2) is 8.96. The Hall–Kier alpha value is -4.66. The Balaban J connectivity index is 1.39. The summed E-state index contributed by atoms with van der Waals surface area (Å²) >= 11 is 0. The Bertz CT molecular complexity index is 1790. The third-order valence-electron chi connectivity index (χ3n) is 9.89. The molecule has 6 N–H and O–H groups in total. The Kier molecular flexibility index (Phi) is 5.79. The topological polar surface area (TPSA) is 227 Å². The first-order chi connectivity index (χ1) is 21.2. The minimum atomic E-state index is -2.68. The van der Waals surface area contributed by atoms with Crippen LogP contribution in [0.5, 0.6) is 23.0 Å². The number of aliphatic hydroxyl groups excluding tert-OH is 3. The van der Waals surface area contributed by atoms with E-state index in [1.54, 1.807) is 6.92 Å². The lowest BCUT2D eigenvalue weighted by molar-refractivity contribution is -0.192. The molecule has 7 rings (SSSR count). The number of carbonyl (C=O) groups is 4. The van der Waals surface area contributed by atoms with Crippen molar-refractivity contribution < 1.29 is 68.8 Å². The van der Waals surface area contributed by atoms with Crippen LogP contribution in [0.4, 0.5) is 0 Å². The minimum absolute atomic E-state index is 0.0607. The van der Waals surface area contributed by atoms with E-state index < -0.39 is 104 Å². The van der Waals surface area contributed by atoms with E-state index in [1.807, 2.05) is 0 Å². The number of aromatic hydroxyl groups is 2. The van der Waals surface area contributed by atoms with Crippen molar-refractivity contribution in [2.24, 2.45) is 11.8 Å². The van der Waals surface area contributed by atoms with Crippen LogP contribution in [-0.4, -0.2) is 96.4 Å². The van der Waals surface area contributed by atoms with Crippen LogP contribution >= 0.6 is 0 Å². The molecule has 1 saturated heterocycles. The summed E-state index contributed by atoms with van der Waals surface area (Å²) in [4.78, 5) is 53.0. The normalized spacial score (nSPS) is 36.1. The fourth-order valence-corrected chi connectivity index (χ4v) is 7.58. The third kappa shape index (κ3) is 3.13. The van der Waals surface area contributed by atoms with Crippen LogP contribution in [0.2, 0.25) is 0 Å². The van der Waals surface area contributed by atoms with Crippen molar-refractivity contribution in [2.75, 3.05) is 7.11 Å². The van der Waals surface area contributed by atoms with E-state index in [2.05, 4.69) is 0 Å². The highest BCUT2D eigenvalue weighted by Crippen LogP contribution is 2.58. The van der Waals surface area contributed by atoms with Gasteiger partial charge in [0.2, 0.25) is 11.4 Å². The summed E-state index contributed by atoms with van der Waals surface area (Å²) in [5.74, 6) is -8.48. The van der Waals surface area contributed by atoms with Crippen molar-refractivity contribution in [3.63, 3.8) is 0 Å². The van der Waals surface area contributed by atoms with Crippen molar-refractivity contribution in [1.82, 2.24) is 0 Å². The number of ketones is 2. The molecule has 2 bridgehead atoms. The van der Waals surface area contributed by atoms with Gasteiger partial charge in [0.1, 0.15) is 58.2 Å². The van der Waals surface area contributed by atoms with Crippen LogP contribution in [0.1, 0.15) is 42.6 Å². The standard InChI is InChI=1S/C31H28O14/c1-10-8-14(32)20-23(35)18-15(44-29(20,24(10)36)27(39)42-3)6-4-12(21(18)33)13-5-7-16-19(22(13)34)26(38)30(41)17-9-11(2)25(37)31(30,45-16)28(40)43-17/h4-7,10-11,17,24-25,33-37,41H,8-9H2,1-3H3/t10-,11-,17-,24-,25-,29-,30-,31+/m1/s1. The molecule has 14 heteroatoms. The molecule has 2 saturated carbocycles. The molecule has 0 aromatic heterocycles. The molecule has 8 atom stereocenters. The van der Waals surface area contributed by atoms with Crippen molar-refractivity contribution in [1.29, 1.82) is 0 Å². The first kappa shape index (κ1) is 29.1. The van der Waals surface area contributed by atoms with Gasteiger partial charge < -0.3 is 49.6 Å². The lowest BCUT2D eigenvalue weighted by atomic mass is 9.62. The number of phenolic OH excluding ortho intramolecular Hbond substituents is 2. The Morgan fingerprint density at radius 1 is 0.889 bits per heavy atom. The summed E-state index contributed by atoms with van der Waals surface area (Å²) < 4.78 is 21.8. The number of aliphatic hydroxyl groups is 4. The number of benzene rings is 2. The number of rotatable bonds is 2. The number of esters is 2. The zero-order valence-corrected chi connectivity index (χ0v) is 24.1. The highest BCUT2D eigenvalue weighted by molar-refractivity contribution is 6.16. The van der Waals surface area contributed by atoms with Crippen LogP contribution in [0.25, 0.3) is 16.9 Å². The summed E-state index contributed by atoms with van der Waals surface area (Å²) in [5, 5.41) is 67.8. The maximum absolute atomic E-state index is 13.9. The molecule has 0 unspecified atom stereocenters. The fourth-order valence-electron chi connectivity index (χ4n) is 7.58. The van der Waals surface area contributed by atoms with Gasteiger partial charge in [-0.1, -0.05) is 13.8 Å². The smallest absolute Gasteiger partial charge is 0.358 e. The quantitative estimate of drug-likeness (QED) is 0.253. The first-order valence-electron chi connectivity index (χ1n) is 14.2. The summed E-state index contributed by atoms with van der Waals surface area (Å²) in [6.07, 6.45) is -4.90. The van der Waals surface area contributed by atoms with Gasteiger partial charge in [0, 0.05) is 17.5 Å². The molecular weight excluding hydrogens is 596 g/mol. The first-order valence-corrected chi connectivity index (χ1v) is 14.2. The number of hydrogen-bond donors (Lipinski definition) is 6. The predicted octanol–water partition coefficient (Wildman–Crippen LogP) is 0.679. The SMILES string of the molecule is COC(=O)[C@@]12Oc3ccc(-c4ccc5c(c4O)C(=O)[C@]4(O)[C@H]6C[C@@H](C)[C@@H](O)[C@]4(O5)C(=O)O6)c(O)c3C(O)=C1C(=O)C[C@@H](C)[C@H]2O. The number of phenols is 2. The van der Waals surface area contributed by atoms with Gasteiger partial charge in [-0.15, -0.1) is 0 Å². The molecule has 3 heterocycles. The van der Waals surface area contributed by atoms with E-state index in [-0.39, 0.29) is 35.5 Å². The summed E-state index contributed by atoms with van der Waals surface area (Å²) in [7, 11) is 1.02. The van der Waals surface area contributed by atoms with Crippen LogP contribution in [0, 0.1) is 11.8 Å². The second-order valence-electron chi connectivity index (χ2n) is 12.3. The molecule has 236 valence electrons. The monoisotopic (exact) mass is 624 g/mol. The Morgan fingerprint density at radius 2 is 1.49 bits per heavy atom. The van der Waals surface area contributed by atoms with Crippen LogP contribution in [0.3, 0.4) is 0 Å². The number of ether oxygens (including phenoxy) is 4. The molecular formula is C31H28O14. The molecule has 2 aliphatic carbocycles. The van der Waals surface area contributed by atoms with Crippen molar-refractivity contribution in [3.05, 3.63) is 41.0 Å². The van der Waals surface area contributed by atoms with E-state index in [0.29, 0.717) is 0 Å². The van der Waals surface area contributed by atoms with Crippen LogP contribution in [0.15, 0.2) is 29.8 Å². The molecule has 0 radical (unpaired) electrons. The molecule has 14 nitrogen and oxygen atoms in total. The summed E-state index contributed by atoms with van der Waals surface area (Å²) in [6, 6.07) is 4.86. The fraction of sp³-hybridized carbons (Fsp3) is 0.419. The predicted molar refractivity (Wildman–Crippen MR) is 147 cm³/mol. The lowest BCUT2D eigenvalue weighted by Gasteiger charge is -2.49. The van der Waals surface area contributed by atoms with Gasteiger partial charge in [0.25, 0.3) is 11.2 Å². The summed E-state index contributed by atoms with van der Waals surface area (Å²) in [6.45, 7) is 3.13. The zero-order valence-electron chi connectivity index (χ0n) is 24.1.